The van der Waals surface area contributed by atoms with Crippen LogP contribution in [0.3, 0.4) is 0 Å². The van der Waals surface area contributed by atoms with Gasteiger partial charge in [-0.1, -0.05) is 0 Å². The van der Waals surface area contributed by atoms with E-state index in [4.69, 9.17) is 4.74 Å². The summed E-state index contributed by atoms with van der Waals surface area (Å²) in [5.41, 5.74) is 0. The maximum Gasteiger partial charge on any atom is 0.336 e. The average Bonchev–Trinajstić information content (AvgIpc) is 1.99. The van der Waals surface area contributed by atoms with Crippen molar-refractivity contribution in [1.29, 1.82) is 0 Å². The van der Waals surface area contributed by atoms with Gasteiger partial charge in [-0.3, -0.25) is 0 Å². The lowest BCUT2D eigenvalue weighted by Gasteiger charge is -2.10. The summed E-state index contributed by atoms with van der Waals surface area (Å²) in [6.45, 7) is 0.475. The second-order valence-corrected chi connectivity index (χ2v) is 1.81. The maximum absolute atomic E-state index is 10.7. The van der Waals surface area contributed by atoms with E-state index in [2.05, 4.69) is 10.1 Å². The third kappa shape index (κ3) is 2.80. The molecule has 1 N–H and O–H groups in total. The van der Waals surface area contributed by atoms with Crippen LogP contribution in [-0.2, 0) is 14.3 Å². The normalized spacial score (nSPS) is 12.7. The molecule has 0 saturated carbocycles. The third-order valence-corrected chi connectivity index (χ3v) is 1.14. The van der Waals surface area contributed by atoms with Crippen LogP contribution in [0.5, 0.6) is 0 Å². The molecule has 0 radical (unpaired) electrons. The molecule has 0 aromatic heterocycles. The number of ether oxygens (including phenoxy) is 2. The summed E-state index contributed by atoms with van der Waals surface area (Å²) in [4.78, 5) is 10.7. The molecule has 0 aliphatic rings. The number of rotatable bonds is 4. The Bertz CT molecular complexity index is 105. The van der Waals surface area contributed by atoms with E-state index in [9.17, 15) is 4.79 Å². The molecule has 1 atom stereocenters. The zero-order valence-electron chi connectivity index (χ0n) is 6.51. The summed E-state index contributed by atoms with van der Waals surface area (Å²) < 4.78 is 9.26. The van der Waals surface area contributed by atoms with Crippen LogP contribution < -0.4 is 5.32 Å². The molecule has 60 valence electrons. The Morgan fingerprint density at radius 2 is 2.20 bits per heavy atom. The van der Waals surface area contributed by atoms with Crippen LogP contribution in [0.1, 0.15) is 0 Å². The molecule has 0 spiro atoms. The van der Waals surface area contributed by atoms with Crippen molar-refractivity contribution in [3.63, 3.8) is 0 Å². The molecule has 1 unspecified atom stereocenters. The number of carbonyl (C=O) groups is 1. The van der Waals surface area contributed by atoms with Crippen LogP contribution in [0.25, 0.3) is 0 Å². The number of esters is 1. The molecular weight excluding hydrogens is 134 g/mol. The molecule has 10 heavy (non-hydrogen) atoms. The molecule has 0 bridgehead atoms. The van der Waals surface area contributed by atoms with Crippen molar-refractivity contribution in [2.75, 3.05) is 27.8 Å². The second kappa shape index (κ2) is 5.20. The molecule has 0 aliphatic heterocycles. The van der Waals surface area contributed by atoms with Gasteiger partial charge < -0.3 is 14.8 Å². The second-order valence-electron chi connectivity index (χ2n) is 1.81. The first-order valence-electron chi connectivity index (χ1n) is 3.01. The fourth-order valence-electron chi connectivity index (χ4n) is 0.580. The fourth-order valence-corrected chi connectivity index (χ4v) is 0.580. The summed E-state index contributed by atoms with van der Waals surface area (Å²) in [6, 6.07) is 0. The Labute approximate surface area is 60.5 Å². The van der Waals surface area contributed by atoms with E-state index in [0.29, 0.717) is 6.54 Å². The van der Waals surface area contributed by atoms with Crippen LogP contribution in [0, 0.1) is 0 Å². The van der Waals surface area contributed by atoms with Crippen LogP contribution in [0.2, 0.25) is 0 Å². The van der Waals surface area contributed by atoms with E-state index >= 15 is 0 Å². The zero-order valence-corrected chi connectivity index (χ0v) is 6.51. The van der Waals surface area contributed by atoms with E-state index in [0.717, 1.165) is 0 Å². The summed E-state index contributed by atoms with van der Waals surface area (Å²) in [7, 11) is 4.55. The van der Waals surface area contributed by atoms with Crippen molar-refractivity contribution in [3.05, 3.63) is 0 Å². The quantitative estimate of drug-likeness (QED) is 0.539. The van der Waals surface area contributed by atoms with Gasteiger partial charge in [0.15, 0.2) is 6.10 Å². The van der Waals surface area contributed by atoms with Gasteiger partial charge in [-0.2, -0.15) is 0 Å². The van der Waals surface area contributed by atoms with Gasteiger partial charge in [0.05, 0.1) is 7.11 Å². The summed E-state index contributed by atoms with van der Waals surface area (Å²) in [6.07, 6.45) is -0.491. The first-order chi connectivity index (χ1) is 4.76. The van der Waals surface area contributed by atoms with Crippen molar-refractivity contribution in [3.8, 4) is 0 Å². The Hall–Kier alpha value is -0.610. The van der Waals surface area contributed by atoms with Crippen molar-refractivity contribution < 1.29 is 14.3 Å². The van der Waals surface area contributed by atoms with E-state index in [1.165, 1.54) is 14.2 Å². The average molecular weight is 147 g/mol. The standard InChI is InChI=1S/C6H13NO3/c1-7-4-5(9-2)6(8)10-3/h5,7H,4H2,1-3H3. The lowest BCUT2D eigenvalue weighted by atomic mass is 10.3. The van der Waals surface area contributed by atoms with Crippen LogP contribution >= 0.6 is 0 Å². The summed E-state index contributed by atoms with van der Waals surface area (Å²) >= 11 is 0. The van der Waals surface area contributed by atoms with Gasteiger partial charge in [-0.05, 0) is 7.05 Å². The van der Waals surface area contributed by atoms with Gasteiger partial charge >= 0.3 is 5.97 Å². The first kappa shape index (κ1) is 9.39. The molecule has 0 amide bonds. The monoisotopic (exact) mass is 147 g/mol. The molecule has 0 fully saturated rings. The molecule has 4 heteroatoms. The third-order valence-electron chi connectivity index (χ3n) is 1.14. The lowest BCUT2D eigenvalue weighted by molar-refractivity contribution is -0.151. The number of likely N-dealkylation sites (N-methyl/N-ethyl adjacent to an activating group) is 1. The Balaban J connectivity index is 3.68. The molecule has 4 nitrogen and oxygen atoms in total. The fraction of sp³-hybridized carbons (Fsp3) is 0.833. The molecule has 0 rings (SSSR count). The predicted molar refractivity (Wildman–Crippen MR) is 36.7 cm³/mol. The lowest BCUT2D eigenvalue weighted by Crippen LogP contribution is -2.33. The Morgan fingerprint density at radius 3 is 2.50 bits per heavy atom. The SMILES string of the molecule is CNCC(OC)C(=O)OC. The highest BCUT2D eigenvalue weighted by atomic mass is 16.6. The Kier molecular flexibility index (Phi) is 4.88. The molecule has 0 aliphatic carbocycles. The van der Waals surface area contributed by atoms with E-state index in [-0.39, 0.29) is 5.97 Å². The Morgan fingerprint density at radius 1 is 1.60 bits per heavy atom. The largest absolute Gasteiger partial charge is 0.467 e. The van der Waals surface area contributed by atoms with Crippen LogP contribution in [-0.4, -0.2) is 39.9 Å². The van der Waals surface area contributed by atoms with Crippen molar-refractivity contribution in [1.82, 2.24) is 5.32 Å². The van der Waals surface area contributed by atoms with E-state index < -0.39 is 6.10 Å². The van der Waals surface area contributed by atoms with E-state index in [1.54, 1.807) is 7.05 Å². The molecule has 0 heterocycles. The highest BCUT2D eigenvalue weighted by Crippen LogP contribution is 1.89. The van der Waals surface area contributed by atoms with Crippen LogP contribution in [0.15, 0.2) is 0 Å². The summed E-state index contributed by atoms with van der Waals surface area (Å²) in [5, 5.41) is 2.81. The molecule has 0 aromatic rings. The number of carbonyl (C=O) groups excluding carboxylic acids is 1. The van der Waals surface area contributed by atoms with Gasteiger partial charge in [0.1, 0.15) is 0 Å². The van der Waals surface area contributed by atoms with Gasteiger partial charge in [-0.15, -0.1) is 0 Å². The van der Waals surface area contributed by atoms with Crippen molar-refractivity contribution in [2.24, 2.45) is 0 Å². The highest BCUT2D eigenvalue weighted by molar-refractivity contribution is 5.74. The summed E-state index contributed by atoms with van der Waals surface area (Å²) in [5.74, 6) is -0.350. The number of hydrogen-bond acceptors (Lipinski definition) is 4. The number of methoxy groups -OCH3 is 2. The highest BCUT2D eigenvalue weighted by Gasteiger charge is 2.15. The molecular formula is C6H13NO3. The van der Waals surface area contributed by atoms with Crippen molar-refractivity contribution in [2.45, 2.75) is 6.10 Å². The maximum atomic E-state index is 10.7. The van der Waals surface area contributed by atoms with Gasteiger partial charge in [0, 0.05) is 13.7 Å². The van der Waals surface area contributed by atoms with Gasteiger partial charge in [0.2, 0.25) is 0 Å². The van der Waals surface area contributed by atoms with Crippen molar-refractivity contribution >= 4 is 5.97 Å². The minimum Gasteiger partial charge on any atom is -0.467 e. The molecule has 0 aromatic carbocycles. The molecule has 0 saturated heterocycles. The minimum atomic E-state index is -0.491. The zero-order chi connectivity index (χ0) is 7.98. The smallest absolute Gasteiger partial charge is 0.336 e. The van der Waals surface area contributed by atoms with Gasteiger partial charge in [-0.25, -0.2) is 4.79 Å². The number of nitrogens with one attached hydrogen (secondary N) is 1. The van der Waals surface area contributed by atoms with Crippen LogP contribution in [0.4, 0.5) is 0 Å². The minimum absolute atomic E-state index is 0.350. The first-order valence-corrected chi connectivity index (χ1v) is 3.01. The number of hydrogen-bond donors (Lipinski definition) is 1. The topological polar surface area (TPSA) is 47.6 Å². The predicted octanol–water partition coefficient (Wildman–Crippen LogP) is -0.606. The van der Waals surface area contributed by atoms with E-state index in [1.807, 2.05) is 0 Å². The van der Waals surface area contributed by atoms with Gasteiger partial charge in [0.25, 0.3) is 0 Å².